The number of ether oxygens (including phenoxy) is 2. The fraction of sp³-hybridized carbons (Fsp3) is 0.333. The van der Waals surface area contributed by atoms with Crippen molar-refractivity contribution in [1.29, 1.82) is 0 Å². The molecule has 0 spiro atoms. The van der Waals surface area contributed by atoms with Crippen molar-refractivity contribution in [2.24, 2.45) is 10.2 Å². The molecule has 0 unspecified atom stereocenters. The maximum atomic E-state index is 11.9. The SMILES string of the molecule is COc1cc(C=NNC(=O)CCCCCCC(=O)NN=Cc2cc(Br)c(O)c(OC)c2)cc(Br)c1O. The number of benzene rings is 2. The highest BCUT2D eigenvalue weighted by molar-refractivity contribution is 9.10. The molecule has 194 valence electrons. The standard InChI is InChI=1S/C24H28Br2N4O6/c1-35-19-11-15(9-17(25)23(19)33)13-27-29-21(31)7-5-3-4-6-8-22(32)30-28-14-16-10-18(26)24(34)20(12-16)36-2/h9-14,33-34H,3-8H2,1-2H3,(H,29,31)(H,30,32). The number of carbonyl (C=O) groups excluding carboxylic acids is 2. The van der Waals surface area contributed by atoms with Crippen LogP contribution in [0.5, 0.6) is 23.0 Å². The molecule has 0 atom stereocenters. The molecule has 0 aromatic heterocycles. The molecule has 0 fully saturated rings. The Hall–Kier alpha value is -3.12. The van der Waals surface area contributed by atoms with E-state index in [1.54, 1.807) is 24.3 Å². The van der Waals surface area contributed by atoms with E-state index in [-0.39, 0.29) is 23.3 Å². The zero-order chi connectivity index (χ0) is 26.5. The van der Waals surface area contributed by atoms with E-state index in [2.05, 4.69) is 52.9 Å². The van der Waals surface area contributed by atoms with Crippen LogP contribution >= 0.6 is 31.9 Å². The Labute approximate surface area is 226 Å². The van der Waals surface area contributed by atoms with E-state index in [1.807, 2.05) is 0 Å². The molecule has 2 rings (SSSR count). The van der Waals surface area contributed by atoms with Crippen LogP contribution in [0, 0.1) is 0 Å². The summed E-state index contributed by atoms with van der Waals surface area (Å²) in [6.45, 7) is 0. The molecule has 0 radical (unpaired) electrons. The number of phenols is 2. The van der Waals surface area contributed by atoms with E-state index in [0.717, 1.165) is 12.8 Å². The first kappa shape index (κ1) is 29.1. The van der Waals surface area contributed by atoms with Crippen molar-refractivity contribution in [3.05, 3.63) is 44.3 Å². The summed E-state index contributed by atoms with van der Waals surface area (Å²) in [5.74, 6) is 0.161. The van der Waals surface area contributed by atoms with Crippen molar-refractivity contribution >= 4 is 56.1 Å². The summed E-state index contributed by atoms with van der Waals surface area (Å²) < 4.78 is 11.1. The number of hydrogen-bond acceptors (Lipinski definition) is 8. The molecule has 2 amide bonds. The smallest absolute Gasteiger partial charge is 0.240 e. The highest BCUT2D eigenvalue weighted by Gasteiger charge is 2.09. The summed E-state index contributed by atoms with van der Waals surface area (Å²) in [7, 11) is 2.89. The van der Waals surface area contributed by atoms with E-state index in [1.165, 1.54) is 26.6 Å². The van der Waals surface area contributed by atoms with Crippen LogP contribution < -0.4 is 20.3 Å². The zero-order valence-corrected chi connectivity index (χ0v) is 23.1. The predicted molar refractivity (Wildman–Crippen MR) is 144 cm³/mol. The highest BCUT2D eigenvalue weighted by Crippen LogP contribution is 2.35. The summed E-state index contributed by atoms with van der Waals surface area (Å²) in [5, 5.41) is 27.5. The maximum absolute atomic E-state index is 11.9. The molecule has 10 nitrogen and oxygen atoms in total. The summed E-state index contributed by atoms with van der Waals surface area (Å²) in [4.78, 5) is 23.9. The van der Waals surface area contributed by atoms with Crippen LogP contribution in [0.3, 0.4) is 0 Å². The second-order valence-corrected chi connectivity index (χ2v) is 9.32. The molecular weight excluding hydrogens is 600 g/mol. The number of halogens is 2. The van der Waals surface area contributed by atoms with Gasteiger partial charge in [0.15, 0.2) is 23.0 Å². The van der Waals surface area contributed by atoms with Crippen LogP contribution in [0.1, 0.15) is 49.7 Å². The van der Waals surface area contributed by atoms with Crippen molar-refractivity contribution in [1.82, 2.24) is 10.9 Å². The minimum absolute atomic E-state index is 0.00702. The maximum Gasteiger partial charge on any atom is 0.240 e. The van der Waals surface area contributed by atoms with Gasteiger partial charge in [-0.1, -0.05) is 12.8 Å². The monoisotopic (exact) mass is 626 g/mol. The van der Waals surface area contributed by atoms with Crippen LogP contribution in [-0.2, 0) is 9.59 Å². The van der Waals surface area contributed by atoms with Gasteiger partial charge in [0, 0.05) is 12.8 Å². The van der Waals surface area contributed by atoms with Crippen LogP contribution in [0.15, 0.2) is 43.4 Å². The molecule has 0 aliphatic heterocycles. The second kappa shape index (κ2) is 15.1. The van der Waals surface area contributed by atoms with E-state index in [4.69, 9.17) is 9.47 Å². The average Bonchev–Trinajstić information content (AvgIpc) is 2.85. The fourth-order valence-corrected chi connectivity index (χ4v) is 3.96. The lowest BCUT2D eigenvalue weighted by Crippen LogP contribution is -2.17. The Morgan fingerprint density at radius 1 is 0.778 bits per heavy atom. The third-order valence-electron chi connectivity index (χ3n) is 4.90. The van der Waals surface area contributed by atoms with Crippen LogP contribution in [-0.4, -0.2) is 48.7 Å². The molecule has 0 heterocycles. The quantitative estimate of drug-likeness (QED) is 0.145. The van der Waals surface area contributed by atoms with Crippen LogP contribution in [0.4, 0.5) is 0 Å². The number of rotatable bonds is 13. The van der Waals surface area contributed by atoms with Gasteiger partial charge in [-0.05, 0) is 80.1 Å². The van der Waals surface area contributed by atoms with Crippen LogP contribution in [0.25, 0.3) is 0 Å². The second-order valence-electron chi connectivity index (χ2n) is 7.61. The van der Waals surface area contributed by atoms with E-state index in [0.29, 0.717) is 57.3 Å². The number of methoxy groups -OCH3 is 2. The van der Waals surface area contributed by atoms with Crippen molar-refractivity contribution in [2.75, 3.05) is 14.2 Å². The van der Waals surface area contributed by atoms with Crippen molar-refractivity contribution in [3.63, 3.8) is 0 Å². The first-order chi connectivity index (χ1) is 17.2. The number of phenolic OH excluding ortho intramolecular Hbond substituents is 2. The van der Waals surface area contributed by atoms with Crippen molar-refractivity contribution < 1.29 is 29.3 Å². The topological polar surface area (TPSA) is 142 Å². The van der Waals surface area contributed by atoms with Gasteiger partial charge in [0.25, 0.3) is 0 Å². The van der Waals surface area contributed by atoms with Gasteiger partial charge >= 0.3 is 0 Å². The number of unbranched alkanes of at least 4 members (excludes halogenated alkanes) is 3. The van der Waals surface area contributed by atoms with Crippen molar-refractivity contribution in [3.8, 4) is 23.0 Å². The lowest BCUT2D eigenvalue weighted by molar-refractivity contribution is -0.122. The molecule has 0 aliphatic rings. The summed E-state index contributed by atoms with van der Waals surface area (Å²) in [6, 6.07) is 6.50. The Kier molecular flexibility index (Phi) is 12.2. The van der Waals surface area contributed by atoms with E-state index in [9.17, 15) is 19.8 Å². The van der Waals surface area contributed by atoms with Crippen LogP contribution in [0.2, 0.25) is 0 Å². The van der Waals surface area contributed by atoms with Gasteiger partial charge in [-0.2, -0.15) is 10.2 Å². The molecule has 12 heteroatoms. The van der Waals surface area contributed by atoms with Gasteiger partial charge in [-0.15, -0.1) is 0 Å². The molecule has 2 aromatic rings. The molecule has 2 aromatic carbocycles. The Balaban J connectivity index is 1.61. The minimum Gasteiger partial charge on any atom is -0.503 e. The number of nitrogens with one attached hydrogen (secondary N) is 2. The largest absolute Gasteiger partial charge is 0.503 e. The molecule has 4 N–H and O–H groups in total. The van der Waals surface area contributed by atoms with Gasteiger partial charge in [-0.3, -0.25) is 9.59 Å². The Morgan fingerprint density at radius 2 is 1.17 bits per heavy atom. The van der Waals surface area contributed by atoms with E-state index < -0.39 is 0 Å². The van der Waals surface area contributed by atoms with Gasteiger partial charge in [0.2, 0.25) is 11.8 Å². The van der Waals surface area contributed by atoms with Gasteiger partial charge in [0.1, 0.15) is 0 Å². The average molecular weight is 628 g/mol. The fourth-order valence-electron chi connectivity index (χ4n) is 3.04. The molecule has 0 bridgehead atoms. The van der Waals surface area contributed by atoms with Gasteiger partial charge in [-0.25, -0.2) is 10.9 Å². The molecular formula is C24H28Br2N4O6. The molecule has 0 saturated carbocycles. The zero-order valence-electron chi connectivity index (χ0n) is 19.9. The summed E-state index contributed by atoms with van der Waals surface area (Å²) in [5.41, 5.74) is 6.24. The number of aromatic hydroxyl groups is 2. The summed E-state index contributed by atoms with van der Waals surface area (Å²) in [6.07, 6.45) is 6.53. The summed E-state index contributed by atoms with van der Waals surface area (Å²) >= 11 is 6.46. The first-order valence-electron chi connectivity index (χ1n) is 11.0. The first-order valence-corrected chi connectivity index (χ1v) is 12.6. The number of nitrogens with zero attached hydrogens (tertiary/aromatic N) is 2. The number of amides is 2. The Bertz CT molecular complexity index is 1040. The lowest BCUT2D eigenvalue weighted by atomic mass is 10.1. The Morgan fingerprint density at radius 3 is 1.53 bits per heavy atom. The lowest BCUT2D eigenvalue weighted by Gasteiger charge is -2.06. The van der Waals surface area contributed by atoms with Gasteiger partial charge < -0.3 is 19.7 Å². The van der Waals surface area contributed by atoms with Crippen molar-refractivity contribution in [2.45, 2.75) is 38.5 Å². The van der Waals surface area contributed by atoms with E-state index >= 15 is 0 Å². The minimum atomic E-state index is -0.208. The molecule has 0 saturated heterocycles. The van der Waals surface area contributed by atoms with Gasteiger partial charge in [0.05, 0.1) is 35.6 Å². The third kappa shape index (κ3) is 9.50. The molecule has 36 heavy (non-hydrogen) atoms. The third-order valence-corrected chi connectivity index (χ3v) is 6.11. The molecule has 0 aliphatic carbocycles. The number of hydrazone groups is 2. The predicted octanol–water partition coefficient (Wildman–Crippen LogP) is 4.58. The highest BCUT2D eigenvalue weighted by atomic mass is 79.9. The normalized spacial score (nSPS) is 11.1. The number of hydrogen-bond donors (Lipinski definition) is 4. The number of carbonyl (C=O) groups is 2.